The van der Waals surface area contributed by atoms with Gasteiger partial charge in [0.15, 0.2) is 18.6 Å². The minimum atomic E-state index is -3.08. The molecule has 19 heavy (non-hydrogen) atoms. The molecule has 0 aliphatic rings. The molecule has 0 fully saturated rings. The Bertz CT molecular complexity index is 484. The van der Waals surface area contributed by atoms with Gasteiger partial charge in [-0.15, -0.1) is 0 Å². The Kier molecular flexibility index (Phi) is 4.46. The second kappa shape index (κ2) is 5.67. The van der Waals surface area contributed by atoms with Crippen molar-refractivity contribution >= 4 is 11.7 Å². The molecule has 0 saturated heterocycles. The Morgan fingerprint density at radius 2 is 2.26 bits per heavy atom. The zero-order valence-electron chi connectivity index (χ0n) is 9.90. The summed E-state index contributed by atoms with van der Waals surface area (Å²) in [5.41, 5.74) is -0.418. The lowest BCUT2D eigenvalue weighted by Gasteiger charge is -2.10. The molecule has 0 bridgehead atoms. The van der Waals surface area contributed by atoms with Crippen LogP contribution in [0.15, 0.2) is 6.33 Å². The van der Waals surface area contributed by atoms with Gasteiger partial charge in [0.05, 0.1) is 6.54 Å². The molecule has 1 aromatic heterocycles. The molecule has 1 rings (SSSR count). The number of rotatable bonds is 6. The van der Waals surface area contributed by atoms with Crippen LogP contribution in [0.25, 0.3) is 0 Å². The maximum Gasteiger partial charge on any atom is 0.349 e. The van der Waals surface area contributed by atoms with Crippen molar-refractivity contribution in [2.24, 2.45) is 0 Å². The minimum absolute atomic E-state index is 0.418. The van der Waals surface area contributed by atoms with Crippen molar-refractivity contribution in [1.82, 2.24) is 14.9 Å². The summed E-state index contributed by atoms with van der Waals surface area (Å²) in [6.07, 6.45) is 0.913. The summed E-state index contributed by atoms with van der Waals surface area (Å²) in [7, 11) is 0. The largest absolute Gasteiger partial charge is 0.358 e. The number of alkyl halides is 3. The highest BCUT2D eigenvalue weighted by atomic mass is 19.3. The number of nitrogens with one attached hydrogen (secondary N) is 1. The molecule has 7 nitrogen and oxygen atoms in total. The zero-order chi connectivity index (χ0) is 14.6. The molecular weight excluding hydrogens is 269 g/mol. The summed E-state index contributed by atoms with van der Waals surface area (Å²) in [5.74, 6) is -4.60. The number of nitrogens with zero attached hydrogens (tertiary/aromatic N) is 3. The van der Waals surface area contributed by atoms with E-state index in [1.165, 1.54) is 0 Å². The van der Waals surface area contributed by atoms with Crippen molar-refractivity contribution in [2.45, 2.75) is 26.1 Å². The first-order valence-corrected chi connectivity index (χ1v) is 5.13. The van der Waals surface area contributed by atoms with E-state index in [2.05, 4.69) is 4.98 Å². The number of imidazole rings is 1. The van der Waals surface area contributed by atoms with Gasteiger partial charge >= 0.3 is 5.82 Å². The van der Waals surface area contributed by atoms with Crippen LogP contribution >= 0.6 is 0 Å². The Morgan fingerprint density at radius 3 is 2.74 bits per heavy atom. The van der Waals surface area contributed by atoms with Gasteiger partial charge in [0.2, 0.25) is 0 Å². The number of hydrogen-bond donors (Lipinski definition) is 1. The van der Waals surface area contributed by atoms with Gasteiger partial charge in [0.25, 0.3) is 11.8 Å². The normalized spacial score (nSPS) is 11.4. The summed E-state index contributed by atoms with van der Waals surface area (Å²) in [4.78, 5) is 24.6. The molecule has 1 heterocycles. The minimum Gasteiger partial charge on any atom is -0.358 e. The number of halogens is 3. The molecule has 0 unspecified atom stereocenters. The van der Waals surface area contributed by atoms with Gasteiger partial charge in [-0.1, -0.05) is 0 Å². The fourth-order valence-corrected chi connectivity index (χ4v) is 1.30. The Labute approximate surface area is 105 Å². The third kappa shape index (κ3) is 4.23. The topological polar surface area (TPSA) is 90.1 Å². The summed E-state index contributed by atoms with van der Waals surface area (Å²) in [6, 6.07) is 0. The van der Waals surface area contributed by atoms with E-state index in [9.17, 15) is 28.1 Å². The van der Waals surface area contributed by atoms with E-state index in [1.54, 1.807) is 0 Å². The van der Waals surface area contributed by atoms with Crippen molar-refractivity contribution < 1.29 is 22.9 Å². The average molecular weight is 280 g/mol. The molecule has 0 aromatic carbocycles. The third-order valence-corrected chi connectivity index (χ3v) is 2.09. The lowest BCUT2D eigenvalue weighted by atomic mass is 10.4. The second-order valence-electron chi connectivity index (χ2n) is 3.88. The molecule has 1 amide bonds. The maximum atomic E-state index is 12.5. The van der Waals surface area contributed by atoms with E-state index in [1.807, 2.05) is 5.32 Å². The first-order valence-electron chi connectivity index (χ1n) is 5.13. The molecule has 0 saturated carbocycles. The maximum absolute atomic E-state index is 12.5. The molecule has 1 N–H and O–H groups in total. The summed E-state index contributed by atoms with van der Waals surface area (Å²) < 4.78 is 38.2. The van der Waals surface area contributed by atoms with Gasteiger partial charge < -0.3 is 15.4 Å². The Morgan fingerprint density at radius 1 is 1.63 bits per heavy atom. The van der Waals surface area contributed by atoms with Crippen molar-refractivity contribution in [3.63, 3.8) is 0 Å². The van der Waals surface area contributed by atoms with E-state index in [0.29, 0.717) is 6.92 Å². The van der Waals surface area contributed by atoms with Gasteiger partial charge in [0.1, 0.15) is 6.67 Å². The highest BCUT2D eigenvalue weighted by molar-refractivity contribution is 5.76. The molecule has 10 heteroatoms. The van der Waals surface area contributed by atoms with Gasteiger partial charge in [-0.3, -0.25) is 4.79 Å². The SMILES string of the molecule is CC(F)(F)CNC(=O)Cn1cnc(CF)c1[N+](=O)[O-]. The second-order valence-corrected chi connectivity index (χ2v) is 3.88. The standard InChI is InChI=1S/C9H11F3N4O3/c1-9(11,12)4-13-7(17)3-15-5-14-6(2-10)8(15)16(18)19/h5H,2-4H2,1H3,(H,13,17). The number of nitro groups is 1. The smallest absolute Gasteiger partial charge is 0.349 e. The van der Waals surface area contributed by atoms with Crippen molar-refractivity contribution in [3.8, 4) is 0 Å². The van der Waals surface area contributed by atoms with Crippen LogP contribution in [0.3, 0.4) is 0 Å². The van der Waals surface area contributed by atoms with Gasteiger partial charge in [0, 0.05) is 6.92 Å². The van der Waals surface area contributed by atoms with Gasteiger partial charge in [-0.2, -0.15) is 0 Å². The van der Waals surface area contributed by atoms with Crippen molar-refractivity contribution in [1.29, 1.82) is 0 Å². The Hall–Kier alpha value is -2.13. The molecule has 0 aliphatic carbocycles. The molecule has 106 valence electrons. The third-order valence-electron chi connectivity index (χ3n) is 2.09. The first kappa shape index (κ1) is 14.9. The highest BCUT2D eigenvalue weighted by Crippen LogP contribution is 2.18. The summed E-state index contributed by atoms with van der Waals surface area (Å²) >= 11 is 0. The quantitative estimate of drug-likeness (QED) is 0.622. The van der Waals surface area contributed by atoms with Crippen LogP contribution in [0.5, 0.6) is 0 Å². The molecule has 0 spiro atoms. The summed E-state index contributed by atoms with van der Waals surface area (Å²) in [6.45, 7) is -2.00. The molecule has 0 aliphatic heterocycles. The van der Waals surface area contributed by atoms with E-state index in [0.717, 1.165) is 10.9 Å². The van der Waals surface area contributed by atoms with Crippen LogP contribution in [-0.2, 0) is 18.0 Å². The van der Waals surface area contributed by atoms with Crippen molar-refractivity contribution in [3.05, 3.63) is 22.1 Å². The number of carbonyl (C=O) groups excluding carboxylic acids is 1. The number of carbonyl (C=O) groups is 1. The lowest BCUT2D eigenvalue weighted by molar-refractivity contribution is -0.392. The van der Waals surface area contributed by atoms with Crippen LogP contribution in [0.1, 0.15) is 12.6 Å². The van der Waals surface area contributed by atoms with Crippen LogP contribution in [0, 0.1) is 10.1 Å². The zero-order valence-corrected chi connectivity index (χ0v) is 9.90. The average Bonchev–Trinajstić information content (AvgIpc) is 2.68. The molecule has 0 atom stereocenters. The predicted octanol–water partition coefficient (Wildman–Crippen LogP) is 1.03. The van der Waals surface area contributed by atoms with Crippen LogP contribution in [-0.4, -0.2) is 32.8 Å². The predicted molar refractivity (Wildman–Crippen MR) is 57.3 cm³/mol. The number of aromatic nitrogens is 2. The van der Waals surface area contributed by atoms with Crippen molar-refractivity contribution in [2.75, 3.05) is 6.54 Å². The van der Waals surface area contributed by atoms with Crippen LogP contribution in [0.2, 0.25) is 0 Å². The molecule has 1 aromatic rings. The van der Waals surface area contributed by atoms with E-state index < -0.39 is 48.0 Å². The monoisotopic (exact) mass is 280 g/mol. The summed E-state index contributed by atoms with van der Waals surface area (Å²) in [5, 5.41) is 12.6. The van der Waals surface area contributed by atoms with Crippen LogP contribution in [0.4, 0.5) is 19.0 Å². The highest BCUT2D eigenvalue weighted by Gasteiger charge is 2.25. The van der Waals surface area contributed by atoms with Gasteiger partial charge in [-0.25, -0.2) is 22.7 Å². The van der Waals surface area contributed by atoms with Crippen LogP contribution < -0.4 is 5.32 Å². The molecule has 0 radical (unpaired) electrons. The van der Waals surface area contributed by atoms with E-state index in [-0.39, 0.29) is 0 Å². The molecular formula is C9H11F3N4O3. The fourth-order valence-electron chi connectivity index (χ4n) is 1.30. The first-order chi connectivity index (χ1) is 8.74. The van der Waals surface area contributed by atoms with E-state index in [4.69, 9.17) is 0 Å². The number of hydrogen-bond acceptors (Lipinski definition) is 4. The Balaban J connectivity index is 2.75. The fraction of sp³-hybridized carbons (Fsp3) is 0.556. The number of amides is 1. The van der Waals surface area contributed by atoms with E-state index >= 15 is 0 Å². The van der Waals surface area contributed by atoms with Gasteiger partial charge in [-0.05, 0) is 4.92 Å². The lowest BCUT2D eigenvalue weighted by Crippen LogP contribution is -2.36.